The first-order valence-corrected chi connectivity index (χ1v) is 14.3. The topological polar surface area (TPSA) is 167 Å². The molecule has 0 saturated heterocycles. The van der Waals surface area contributed by atoms with Crippen LogP contribution in [0.5, 0.6) is 11.5 Å². The van der Waals surface area contributed by atoms with Gasteiger partial charge in [-0.2, -0.15) is 0 Å². The Bertz CT molecular complexity index is 1260. The molecule has 0 aliphatic heterocycles. The molecule has 0 aliphatic rings. The molecule has 0 amide bonds. The molecular weight excluding hydrogens is 572 g/mol. The number of carbonyl (C=O) groups excluding carboxylic acids is 1. The molecule has 0 spiro atoms. The second-order valence-electron chi connectivity index (χ2n) is 9.61. The highest BCUT2D eigenvalue weighted by Gasteiger charge is 2.16. The summed E-state index contributed by atoms with van der Waals surface area (Å²) in [5.41, 5.74) is 25.3. The molecule has 10 heteroatoms. The lowest BCUT2D eigenvalue weighted by molar-refractivity contribution is -0.151. The SMILES string of the molecule is C=C(C)C(=O)OC(COCCOc1ccc(N)cc1)COCCOc1ccc(N)cc1.Nc1ccccc1.Nc1ccccc1. The molecule has 4 rings (SSSR count). The van der Waals surface area contributed by atoms with Crippen LogP contribution < -0.4 is 32.4 Å². The molecule has 0 unspecified atom stereocenters. The van der Waals surface area contributed by atoms with Crippen LogP contribution in [0.2, 0.25) is 0 Å². The van der Waals surface area contributed by atoms with Crippen LogP contribution in [0.3, 0.4) is 0 Å². The highest BCUT2D eigenvalue weighted by molar-refractivity contribution is 5.87. The van der Waals surface area contributed by atoms with Gasteiger partial charge in [0.15, 0.2) is 0 Å². The Hall–Kier alpha value is -5.19. The van der Waals surface area contributed by atoms with Gasteiger partial charge in [0.25, 0.3) is 0 Å². The Balaban J connectivity index is 0.000000407. The molecule has 0 saturated carbocycles. The van der Waals surface area contributed by atoms with Crippen molar-refractivity contribution in [2.24, 2.45) is 0 Å². The fraction of sp³-hybridized carbons (Fsp3) is 0.229. The minimum absolute atomic E-state index is 0.170. The molecule has 4 aromatic carbocycles. The quantitative estimate of drug-likeness (QED) is 0.0626. The number of nitrogens with two attached hydrogens (primary N) is 4. The maximum absolute atomic E-state index is 11.9. The van der Waals surface area contributed by atoms with Gasteiger partial charge in [0.2, 0.25) is 0 Å². The maximum atomic E-state index is 11.9. The van der Waals surface area contributed by atoms with E-state index in [2.05, 4.69) is 6.58 Å². The summed E-state index contributed by atoms with van der Waals surface area (Å²) in [5.74, 6) is 0.911. The summed E-state index contributed by atoms with van der Waals surface area (Å²) >= 11 is 0. The van der Waals surface area contributed by atoms with E-state index in [-0.39, 0.29) is 13.2 Å². The van der Waals surface area contributed by atoms with Gasteiger partial charge in [-0.15, -0.1) is 0 Å². The lowest BCUT2D eigenvalue weighted by Gasteiger charge is -2.18. The van der Waals surface area contributed by atoms with Crippen molar-refractivity contribution < 1.29 is 28.5 Å². The average molecular weight is 617 g/mol. The van der Waals surface area contributed by atoms with Crippen molar-refractivity contribution in [3.63, 3.8) is 0 Å². The highest BCUT2D eigenvalue weighted by Crippen LogP contribution is 2.14. The van der Waals surface area contributed by atoms with Gasteiger partial charge in [-0.1, -0.05) is 43.0 Å². The van der Waals surface area contributed by atoms with Gasteiger partial charge in [-0.3, -0.25) is 0 Å². The van der Waals surface area contributed by atoms with Crippen LogP contribution in [0.4, 0.5) is 22.7 Å². The van der Waals surface area contributed by atoms with Crippen molar-refractivity contribution in [2.45, 2.75) is 13.0 Å². The van der Waals surface area contributed by atoms with Crippen molar-refractivity contribution in [1.29, 1.82) is 0 Å². The van der Waals surface area contributed by atoms with Gasteiger partial charge in [0.1, 0.15) is 30.8 Å². The Kier molecular flexibility index (Phi) is 17.2. The largest absolute Gasteiger partial charge is 0.491 e. The third kappa shape index (κ3) is 17.5. The van der Waals surface area contributed by atoms with Gasteiger partial charge in [-0.25, -0.2) is 4.79 Å². The first-order chi connectivity index (χ1) is 21.7. The van der Waals surface area contributed by atoms with E-state index in [0.717, 1.165) is 11.4 Å². The normalized spacial score (nSPS) is 10.0. The minimum atomic E-state index is -0.572. The van der Waals surface area contributed by atoms with Crippen LogP contribution in [0.15, 0.2) is 121 Å². The van der Waals surface area contributed by atoms with E-state index in [1.54, 1.807) is 55.5 Å². The molecular formula is C35H44N4O6. The number of para-hydroxylation sites is 2. The van der Waals surface area contributed by atoms with Crippen LogP contribution in [-0.2, 0) is 19.0 Å². The zero-order valence-electron chi connectivity index (χ0n) is 25.7. The highest BCUT2D eigenvalue weighted by atomic mass is 16.6. The fourth-order valence-electron chi connectivity index (χ4n) is 3.27. The molecule has 0 aliphatic carbocycles. The van der Waals surface area contributed by atoms with E-state index in [0.29, 0.717) is 54.9 Å². The second kappa shape index (κ2) is 21.5. The molecule has 4 aromatic rings. The second-order valence-corrected chi connectivity index (χ2v) is 9.61. The van der Waals surface area contributed by atoms with Crippen LogP contribution in [-0.4, -0.2) is 51.7 Å². The Labute approximate surface area is 265 Å². The van der Waals surface area contributed by atoms with Gasteiger partial charge in [0, 0.05) is 28.3 Å². The maximum Gasteiger partial charge on any atom is 0.333 e. The van der Waals surface area contributed by atoms with Gasteiger partial charge in [0.05, 0.1) is 26.4 Å². The van der Waals surface area contributed by atoms with Crippen molar-refractivity contribution in [1.82, 2.24) is 0 Å². The molecule has 0 bridgehead atoms. The summed E-state index contributed by atoms with van der Waals surface area (Å²) in [5, 5.41) is 0. The summed E-state index contributed by atoms with van der Waals surface area (Å²) in [6, 6.07) is 33.2. The Morgan fingerprint density at radius 2 is 0.933 bits per heavy atom. The van der Waals surface area contributed by atoms with E-state index in [9.17, 15) is 4.79 Å². The molecule has 10 nitrogen and oxygen atoms in total. The monoisotopic (exact) mass is 616 g/mol. The molecule has 0 atom stereocenters. The lowest BCUT2D eigenvalue weighted by atomic mass is 10.3. The zero-order chi connectivity index (χ0) is 32.7. The molecule has 0 heterocycles. The molecule has 0 fully saturated rings. The van der Waals surface area contributed by atoms with Crippen molar-refractivity contribution in [3.8, 4) is 11.5 Å². The van der Waals surface area contributed by atoms with E-state index in [1.165, 1.54) is 0 Å². The molecule has 0 radical (unpaired) electrons. The summed E-state index contributed by atoms with van der Waals surface area (Å²) < 4.78 is 27.7. The first-order valence-electron chi connectivity index (χ1n) is 14.3. The fourth-order valence-corrected chi connectivity index (χ4v) is 3.27. The number of nitrogen functional groups attached to an aromatic ring is 4. The molecule has 8 N–H and O–H groups in total. The average Bonchev–Trinajstić information content (AvgIpc) is 3.03. The minimum Gasteiger partial charge on any atom is -0.491 e. The standard InChI is InChI=1S/C23H30N2O6.2C6H7N/c1-17(2)23(26)31-22(15-27-11-13-29-20-7-3-18(24)4-8-20)16-28-12-14-30-21-9-5-19(25)6-10-21;2*7-6-4-2-1-3-5-6/h3-10,22H,1,11-16,24-25H2,2H3;2*1-5H,7H2. The van der Waals surface area contributed by atoms with E-state index in [1.807, 2.05) is 60.7 Å². The van der Waals surface area contributed by atoms with Crippen LogP contribution in [0.1, 0.15) is 6.92 Å². The number of carbonyl (C=O) groups is 1. The van der Waals surface area contributed by atoms with Crippen LogP contribution in [0.25, 0.3) is 0 Å². The van der Waals surface area contributed by atoms with E-state index >= 15 is 0 Å². The first kappa shape index (κ1) is 36.0. The Morgan fingerprint density at radius 1 is 0.578 bits per heavy atom. The lowest BCUT2D eigenvalue weighted by Crippen LogP contribution is -2.30. The van der Waals surface area contributed by atoms with Crippen LogP contribution >= 0.6 is 0 Å². The third-order valence-electron chi connectivity index (χ3n) is 5.58. The number of rotatable bonds is 14. The predicted molar refractivity (Wildman–Crippen MR) is 181 cm³/mol. The van der Waals surface area contributed by atoms with Crippen LogP contribution in [0, 0.1) is 0 Å². The van der Waals surface area contributed by atoms with Crippen molar-refractivity contribution in [2.75, 3.05) is 62.6 Å². The zero-order valence-corrected chi connectivity index (χ0v) is 25.7. The molecule has 240 valence electrons. The van der Waals surface area contributed by atoms with Crippen molar-refractivity contribution >= 4 is 28.7 Å². The summed E-state index contributed by atoms with van der Waals surface area (Å²) in [4.78, 5) is 11.9. The Morgan fingerprint density at radius 3 is 1.24 bits per heavy atom. The third-order valence-corrected chi connectivity index (χ3v) is 5.58. The number of ether oxygens (including phenoxy) is 5. The van der Waals surface area contributed by atoms with Gasteiger partial charge >= 0.3 is 5.97 Å². The number of hydrogen-bond acceptors (Lipinski definition) is 10. The molecule has 0 aromatic heterocycles. The number of anilines is 4. The number of benzene rings is 4. The number of esters is 1. The summed E-state index contributed by atoms with van der Waals surface area (Å²) in [6.07, 6.45) is -0.572. The summed E-state index contributed by atoms with van der Waals surface area (Å²) in [6.45, 7) is 6.86. The van der Waals surface area contributed by atoms with E-state index in [4.69, 9.17) is 46.6 Å². The van der Waals surface area contributed by atoms with Gasteiger partial charge < -0.3 is 46.6 Å². The smallest absolute Gasteiger partial charge is 0.333 e. The van der Waals surface area contributed by atoms with E-state index < -0.39 is 12.1 Å². The number of hydrogen-bond donors (Lipinski definition) is 4. The predicted octanol–water partition coefficient (Wildman–Crippen LogP) is 5.37. The van der Waals surface area contributed by atoms with Crippen molar-refractivity contribution in [3.05, 3.63) is 121 Å². The van der Waals surface area contributed by atoms with Gasteiger partial charge in [-0.05, 0) is 79.7 Å². The molecule has 45 heavy (non-hydrogen) atoms. The summed E-state index contributed by atoms with van der Waals surface area (Å²) in [7, 11) is 0.